The van der Waals surface area contributed by atoms with Gasteiger partial charge >= 0.3 is 0 Å². The summed E-state index contributed by atoms with van der Waals surface area (Å²) in [5.41, 5.74) is 1.28. The highest BCUT2D eigenvalue weighted by Crippen LogP contribution is 2.09. The van der Waals surface area contributed by atoms with Crippen LogP contribution in [0.4, 0.5) is 0 Å². The molecule has 1 saturated heterocycles. The number of nitrogens with zero attached hydrogens (tertiary/aromatic N) is 2. The Kier molecular flexibility index (Phi) is 10.6. The van der Waals surface area contributed by atoms with Crippen LogP contribution in [0.5, 0.6) is 0 Å². The van der Waals surface area contributed by atoms with Crippen molar-refractivity contribution in [3.05, 3.63) is 34.9 Å². The maximum Gasteiger partial charge on any atom is 0.191 e. The van der Waals surface area contributed by atoms with Gasteiger partial charge in [0, 0.05) is 31.7 Å². The minimum absolute atomic E-state index is 0. The summed E-state index contributed by atoms with van der Waals surface area (Å²) in [6.45, 7) is 5.39. The largest absolute Gasteiger partial charge is 0.356 e. The summed E-state index contributed by atoms with van der Waals surface area (Å²) in [5.74, 6) is 0.881. The van der Waals surface area contributed by atoms with E-state index >= 15 is 0 Å². The Morgan fingerprint density at radius 3 is 2.39 bits per heavy atom. The highest BCUT2D eigenvalue weighted by molar-refractivity contribution is 14.0. The Morgan fingerprint density at radius 1 is 1.09 bits per heavy atom. The molecular formula is C17H28ClIN4. The van der Waals surface area contributed by atoms with Gasteiger partial charge in [-0.25, -0.2) is 0 Å². The third-order valence-corrected chi connectivity index (χ3v) is 4.26. The topological polar surface area (TPSA) is 39.7 Å². The van der Waals surface area contributed by atoms with Crippen molar-refractivity contribution in [3.63, 3.8) is 0 Å². The molecule has 0 atom stereocenters. The fourth-order valence-electron chi connectivity index (χ4n) is 2.71. The van der Waals surface area contributed by atoms with Crippen molar-refractivity contribution in [1.29, 1.82) is 0 Å². The lowest BCUT2D eigenvalue weighted by Gasteiger charge is -2.26. The fraction of sp³-hybridized carbons (Fsp3) is 0.588. The van der Waals surface area contributed by atoms with Gasteiger partial charge in [0.25, 0.3) is 0 Å². The zero-order chi connectivity index (χ0) is 15.6. The summed E-state index contributed by atoms with van der Waals surface area (Å²) in [5, 5.41) is 7.53. The molecule has 0 bridgehead atoms. The normalized spacial score (nSPS) is 15.8. The third-order valence-electron chi connectivity index (χ3n) is 4.01. The summed E-state index contributed by atoms with van der Waals surface area (Å²) in [6, 6.07) is 8.00. The first kappa shape index (κ1) is 20.5. The third kappa shape index (κ3) is 8.22. The van der Waals surface area contributed by atoms with Crippen LogP contribution >= 0.6 is 35.6 Å². The molecule has 0 spiro atoms. The Labute approximate surface area is 162 Å². The Bertz CT molecular complexity index is 458. The Hall–Kier alpha value is -0.530. The molecule has 1 aromatic carbocycles. The first-order valence-corrected chi connectivity index (χ1v) is 8.57. The number of hydrogen-bond acceptors (Lipinski definition) is 2. The predicted octanol–water partition coefficient (Wildman–Crippen LogP) is 3.15. The summed E-state index contributed by atoms with van der Waals surface area (Å²) in [7, 11) is 1.82. The van der Waals surface area contributed by atoms with E-state index in [4.69, 9.17) is 11.6 Å². The summed E-state index contributed by atoms with van der Waals surface area (Å²) in [4.78, 5) is 6.80. The van der Waals surface area contributed by atoms with Gasteiger partial charge in [-0.1, -0.05) is 30.2 Å². The summed E-state index contributed by atoms with van der Waals surface area (Å²) < 4.78 is 0. The van der Waals surface area contributed by atoms with Crippen molar-refractivity contribution in [1.82, 2.24) is 15.5 Å². The molecule has 0 saturated carbocycles. The lowest BCUT2D eigenvalue weighted by molar-refractivity contribution is 0.232. The van der Waals surface area contributed by atoms with E-state index in [2.05, 4.69) is 32.7 Å². The van der Waals surface area contributed by atoms with Crippen molar-refractivity contribution in [3.8, 4) is 0 Å². The van der Waals surface area contributed by atoms with Crippen molar-refractivity contribution in [2.75, 3.05) is 39.8 Å². The fourth-order valence-corrected chi connectivity index (χ4v) is 2.84. The summed E-state index contributed by atoms with van der Waals surface area (Å²) in [6.07, 6.45) is 5.03. The van der Waals surface area contributed by atoms with Gasteiger partial charge in [0.15, 0.2) is 5.96 Å². The van der Waals surface area contributed by atoms with E-state index in [0.29, 0.717) is 0 Å². The van der Waals surface area contributed by atoms with Crippen LogP contribution in [0.2, 0.25) is 5.02 Å². The molecule has 0 aromatic heterocycles. The molecule has 0 radical (unpaired) electrons. The number of rotatable bonds is 6. The second-order valence-corrected chi connectivity index (χ2v) is 6.14. The zero-order valence-corrected chi connectivity index (χ0v) is 16.9. The second-order valence-electron chi connectivity index (χ2n) is 5.70. The Balaban J connectivity index is 0.00000264. The quantitative estimate of drug-likeness (QED) is 0.397. The van der Waals surface area contributed by atoms with Crippen LogP contribution in [0, 0.1) is 0 Å². The van der Waals surface area contributed by atoms with E-state index in [0.717, 1.165) is 37.0 Å². The minimum Gasteiger partial charge on any atom is -0.356 e. The van der Waals surface area contributed by atoms with Crippen LogP contribution in [0.25, 0.3) is 0 Å². The number of nitrogens with one attached hydrogen (secondary N) is 2. The molecular weight excluding hydrogens is 423 g/mol. The van der Waals surface area contributed by atoms with Crippen molar-refractivity contribution >= 4 is 41.5 Å². The number of aliphatic imine (C=N–C) groups is 1. The first-order chi connectivity index (χ1) is 10.8. The van der Waals surface area contributed by atoms with Gasteiger partial charge in [-0.15, -0.1) is 24.0 Å². The number of halogens is 2. The van der Waals surface area contributed by atoms with Gasteiger partial charge in [-0.3, -0.25) is 4.99 Å². The highest BCUT2D eigenvalue weighted by Gasteiger charge is 2.09. The number of piperidine rings is 1. The number of benzene rings is 1. The maximum absolute atomic E-state index is 5.89. The molecule has 0 aliphatic carbocycles. The molecule has 2 N–H and O–H groups in total. The average Bonchev–Trinajstić information content (AvgIpc) is 2.56. The lowest BCUT2D eigenvalue weighted by Crippen LogP contribution is -2.43. The van der Waals surface area contributed by atoms with E-state index in [9.17, 15) is 0 Å². The van der Waals surface area contributed by atoms with Gasteiger partial charge in [-0.2, -0.15) is 0 Å². The maximum atomic E-state index is 5.89. The van der Waals surface area contributed by atoms with Gasteiger partial charge in [-0.05, 0) is 50.0 Å². The molecule has 6 heteroatoms. The first-order valence-electron chi connectivity index (χ1n) is 8.19. The highest BCUT2D eigenvalue weighted by atomic mass is 127. The van der Waals surface area contributed by atoms with Gasteiger partial charge < -0.3 is 15.5 Å². The number of guanidine groups is 1. The molecule has 1 heterocycles. The number of hydrogen-bond donors (Lipinski definition) is 2. The molecule has 0 unspecified atom stereocenters. The minimum atomic E-state index is 0. The molecule has 4 nitrogen and oxygen atoms in total. The molecule has 1 aromatic rings. The molecule has 1 aliphatic heterocycles. The van der Waals surface area contributed by atoms with Crippen LogP contribution in [0.15, 0.2) is 29.3 Å². The van der Waals surface area contributed by atoms with Crippen molar-refractivity contribution in [2.24, 2.45) is 4.99 Å². The smallest absolute Gasteiger partial charge is 0.191 e. The van der Waals surface area contributed by atoms with Crippen molar-refractivity contribution < 1.29 is 0 Å². The van der Waals surface area contributed by atoms with Crippen LogP contribution in [-0.2, 0) is 6.42 Å². The lowest BCUT2D eigenvalue weighted by atomic mass is 10.1. The van der Waals surface area contributed by atoms with E-state index < -0.39 is 0 Å². The molecule has 23 heavy (non-hydrogen) atoms. The van der Waals surface area contributed by atoms with Crippen LogP contribution in [-0.4, -0.2) is 50.6 Å². The average molecular weight is 451 g/mol. The van der Waals surface area contributed by atoms with Crippen molar-refractivity contribution in [2.45, 2.75) is 25.7 Å². The summed E-state index contributed by atoms with van der Waals surface area (Å²) >= 11 is 5.89. The van der Waals surface area contributed by atoms with Crippen LogP contribution in [0.1, 0.15) is 24.8 Å². The Morgan fingerprint density at radius 2 is 1.74 bits per heavy atom. The molecule has 1 aliphatic rings. The van der Waals surface area contributed by atoms with Crippen LogP contribution in [0.3, 0.4) is 0 Å². The van der Waals surface area contributed by atoms with E-state index in [1.807, 2.05) is 19.2 Å². The SMILES string of the molecule is CN=C(NCCc1ccc(Cl)cc1)NCCN1CCCCC1.I. The number of likely N-dealkylation sites (tertiary alicyclic amines) is 1. The van der Waals surface area contributed by atoms with Gasteiger partial charge in [0.05, 0.1) is 0 Å². The van der Waals surface area contributed by atoms with Crippen LogP contribution < -0.4 is 10.6 Å². The van der Waals surface area contributed by atoms with E-state index in [1.165, 1.54) is 37.9 Å². The van der Waals surface area contributed by atoms with E-state index in [1.54, 1.807) is 0 Å². The monoisotopic (exact) mass is 450 g/mol. The molecule has 0 amide bonds. The zero-order valence-electron chi connectivity index (χ0n) is 13.9. The van der Waals surface area contributed by atoms with Gasteiger partial charge in [0.1, 0.15) is 0 Å². The second kappa shape index (κ2) is 11.9. The molecule has 1 fully saturated rings. The molecule has 130 valence electrons. The predicted molar refractivity (Wildman–Crippen MR) is 110 cm³/mol. The molecule has 2 rings (SSSR count). The van der Waals surface area contributed by atoms with E-state index in [-0.39, 0.29) is 24.0 Å². The standard InChI is InChI=1S/C17H27ClN4.HI/c1-19-17(21-11-14-22-12-3-2-4-13-22)20-10-9-15-5-7-16(18)8-6-15;/h5-8H,2-4,9-14H2,1H3,(H2,19,20,21);1H. The van der Waals surface area contributed by atoms with Gasteiger partial charge in [0.2, 0.25) is 0 Å².